The molecule has 1 aromatic rings. The van der Waals surface area contributed by atoms with Gasteiger partial charge in [0.15, 0.2) is 0 Å². The minimum Gasteiger partial charge on any atom is -0.389 e. The number of hydrogen-bond acceptors (Lipinski definition) is 4. The van der Waals surface area contributed by atoms with Gasteiger partial charge in [-0.3, -0.25) is 9.78 Å². The van der Waals surface area contributed by atoms with Crippen LogP contribution in [-0.2, 0) is 4.74 Å². The van der Waals surface area contributed by atoms with Crippen LogP contribution >= 0.6 is 12.2 Å². The van der Waals surface area contributed by atoms with Crippen molar-refractivity contribution in [3.63, 3.8) is 0 Å². The van der Waals surface area contributed by atoms with Crippen LogP contribution in [-0.4, -0.2) is 47.1 Å². The molecule has 6 heteroatoms. The van der Waals surface area contributed by atoms with Gasteiger partial charge in [-0.25, -0.2) is 0 Å². The Morgan fingerprint density at radius 2 is 2.42 bits per heavy atom. The Morgan fingerprint density at radius 1 is 1.63 bits per heavy atom. The molecule has 2 heterocycles. The van der Waals surface area contributed by atoms with E-state index in [4.69, 9.17) is 22.7 Å². The van der Waals surface area contributed by atoms with Crippen molar-refractivity contribution < 1.29 is 9.53 Å². The fraction of sp³-hybridized carbons (Fsp3) is 0.462. The predicted octanol–water partition coefficient (Wildman–Crippen LogP) is 0.967. The maximum absolute atomic E-state index is 12.2. The van der Waals surface area contributed by atoms with Gasteiger partial charge in [0.1, 0.15) is 10.7 Å². The van der Waals surface area contributed by atoms with Crippen LogP contribution in [0.2, 0.25) is 0 Å². The van der Waals surface area contributed by atoms with Crippen LogP contribution in [0.25, 0.3) is 0 Å². The fourth-order valence-electron chi connectivity index (χ4n) is 2.04. The lowest BCUT2D eigenvalue weighted by atomic mass is 10.2. The highest BCUT2D eigenvalue weighted by Crippen LogP contribution is 2.13. The Morgan fingerprint density at radius 3 is 2.95 bits per heavy atom. The number of hydrogen-bond donors (Lipinski definition) is 1. The largest absolute Gasteiger partial charge is 0.389 e. The van der Waals surface area contributed by atoms with Crippen LogP contribution in [0.4, 0.5) is 0 Å². The monoisotopic (exact) mass is 279 g/mol. The highest BCUT2D eigenvalue weighted by Gasteiger charge is 2.21. The van der Waals surface area contributed by atoms with Crippen LogP contribution in [0.5, 0.6) is 0 Å². The number of amides is 1. The summed E-state index contributed by atoms with van der Waals surface area (Å²) in [5.41, 5.74) is 6.54. The van der Waals surface area contributed by atoms with Gasteiger partial charge in [-0.1, -0.05) is 12.2 Å². The van der Waals surface area contributed by atoms with Crippen molar-refractivity contribution >= 4 is 23.1 Å². The zero-order valence-corrected chi connectivity index (χ0v) is 11.7. The van der Waals surface area contributed by atoms with Crippen LogP contribution in [0.3, 0.4) is 0 Å². The highest BCUT2D eigenvalue weighted by molar-refractivity contribution is 7.80. The smallest absolute Gasteiger partial charge is 0.272 e. The number of carbonyl (C=O) groups is 1. The third-order valence-corrected chi connectivity index (χ3v) is 3.35. The maximum atomic E-state index is 12.2. The average molecular weight is 279 g/mol. The Hall–Kier alpha value is -1.53. The number of aromatic nitrogens is 1. The van der Waals surface area contributed by atoms with Gasteiger partial charge in [0.2, 0.25) is 0 Å². The Balaban J connectivity index is 1.99. The summed E-state index contributed by atoms with van der Waals surface area (Å²) in [5.74, 6) is -0.120. The Labute approximate surface area is 117 Å². The third-order valence-electron chi connectivity index (χ3n) is 3.12. The van der Waals surface area contributed by atoms with Gasteiger partial charge in [0.05, 0.1) is 6.10 Å². The lowest BCUT2D eigenvalue weighted by molar-refractivity contribution is 0.0583. The Bertz CT molecular complexity index is 469. The van der Waals surface area contributed by atoms with E-state index in [1.807, 2.05) is 0 Å². The van der Waals surface area contributed by atoms with Crippen molar-refractivity contribution in [2.45, 2.75) is 18.9 Å². The standard InChI is InChI=1S/C13H17N3O2S/c1-16(8-10-3-2-6-18-10)13(17)11-5-4-9(7-15-11)12(14)19/h4-5,7,10H,2-3,6,8H2,1H3,(H2,14,19). The van der Waals surface area contributed by atoms with Crippen molar-refractivity contribution in [3.05, 3.63) is 29.6 Å². The first-order valence-corrected chi connectivity index (χ1v) is 6.61. The van der Waals surface area contributed by atoms with Crippen LogP contribution in [0, 0.1) is 0 Å². The summed E-state index contributed by atoms with van der Waals surface area (Å²) in [4.78, 5) is 18.2. The van der Waals surface area contributed by atoms with E-state index in [1.165, 1.54) is 6.20 Å². The molecule has 1 amide bonds. The second-order valence-electron chi connectivity index (χ2n) is 4.62. The molecule has 1 aliphatic rings. The number of likely N-dealkylation sites (N-methyl/N-ethyl adjacent to an activating group) is 1. The molecule has 0 radical (unpaired) electrons. The van der Waals surface area contributed by atoms with Gasteiger partial charge >= 0.3 is 0 Å². The number of nitrogens with zero attached hydrogens (tertiary/aromatic N) is 2. The molecule has 1 aliphatic heterocycles. The maximum Gasteiger partial charge on any atom is 0.272 e. The van der Waals surface area contributed by atoms with Crippen LogP contribution in [0.1, 0.15) is 28.9 Å². The van der Waals surface area contributed by atoms with Crippen LogP contribution < -0.4 is 5.73 Å². The molecular formula is C13H17N3O2S. The van der Waals surface area contributed by atoms with Gasteiger partial charge in [0.25, 0.3) is 5.91 Å². The minimum absolute atomic E-state index is 0.120. The molecule has 19 heavy (non-hydrogen) atoms. The van der Waals surface area contributed by atoms with E-state index in [0.717, 1.165) is 19.4 Å². The number of thiocarbonyl (C=S) groups is 1. The van der Waals surface area contributed by atoms with Crippen molar-refractivity contribution in [1.29, 1.82) is 0 Å². The molecule has 1 fully saturated rings. The van der Waals surface area contributed by atoms with Gasteiger partial charge in [0, 0.05) is 32.0 Å². The van der Waals surface area contributed by atoms with Gasteiger partial charge in [-0.2, -0.15) is 0 Å². The predicted molar refractivity (Wildman–Crippen MR) is 76.1 cm³/mol. The lowest BCUT2D eigenvalue weighted by Gasteiger charge is -2.20. The van der Waals surface area contributed by atoms with E-state index in [0.29, 0.717) is 17.8 Å². The zero-order valence-electron chi connectivity index (χ0n) is 10.8. The minimum atomic E-state index is -0.120. The molecule has 0 aliphatic carbocycles. The topological polar surface area (TPSA) is 68.5 Å². The molecule has 2 rings (SSSR count). The van der Waals surface area contributed by atoms with Crippen molar-refractivity contribution in [2.75, 3.05) is 20.2 Å². The molecule has 1 aromatic heterocycles. The summed E-state index contributed by atoms with van der Waals surface area (Å²) < 4.78 is 5.51. The SMILES string of the molecule is CN(CC1CCCO1)C(=O)c1ccc(C(N)=S)cn1. The van der Waals surface area contributed by atoms with Gasteiger partial charge in [-0.15, -0.1) is 0 Å². The number of nitrogens with two attached hydrogens (primary N) is 1. The number of pyridine rings is 1. The first kappa shape index (κ1) is 13.9. The molecule has 0 bridgehead atoms. The van der Waals surface area contributed by atoms with Crippen molar-refractivity contribution in [1.82, 2.24) is 9.88 Å². The average Bonchev–Trinajstić information content (AvgIpc) is 2.90. The molecule has 5 nitrogen and oxygen atoms in total. The van der Waals surface area contributed by atoms with Crippen LogP contribution in [0.15, 0.2) is 18.3 Å². The first-order chi connectivity index (χ1) is 9.08. The summed E-state index contributed by atoms with van der Waals surface area (Å²) in [7, 11) is 1.76. The molecule has 2 N–H and O–H groups in total. The molecule has 1 saturated heterocycles. The second-order valence-corrected chi connectivity index (χ2v) is 5.06. The molecule has 1 unspecified atom stereocenters. The first-order valence-electron chi connectivity index (χ1n) is 6.21. The second kappa shape index (κ2) is 6.08. The van der Waals surface area contributed by atoms with Gasteiger partial charge < -0.3 is 15.4 Å². The quantitative estimate of drug-likeness (QED) is 0.832. The summed E-state index contributed by atoms with van der Waals surface area (Å²) in [6, 6.07) is 3.35. The zero-order chi connectivity index (χ0) is 13.8. The Kier molecular flexibility index (Phi) is 4.44. The molecule has 0 aromatic carbocycles. The lowest BCUT2D eigenvalue weighted by Crippen LogP contribution is -2.34. The normalized spacial score (nSPS) is 18.3. The molecule has 1 atom stereocenters. The van der Waals surface area contributed by atoms with Crippen molar-refractivity contribution in [2.24, 2.45) is 5.73 Å². The van der Waals surface area contributed by atoms with E-state index in [-0.39, 0.29) is 17.0 Å². The van der Waals surface area contributed by atoms with E-state index in [1.54, 1.807) is 24.1 Å². The number of ether oxygens (including phenoxy) is 1. The fourth-order valence-corrected chi connectivity index (χ4v) is 2.16. The molecule has 0 spiro atoms. The van der Waals surface area contributed by atoms with E-state index in [9.17, 15) is 4.79 Å². The molecule has 0 saturated carbocycles. The molecule has 102 valence electrons. The van der Waals surface area contributed by atoms with E-state index < -0.39 is 0 Å². The van der Waals surface area contributed by atoms with E-state index >= 15 is 0 Å². The summed E-state index contributed by atoms with van der Waals surface area (Å²) >= 11 is 4.84. The third kappa shape index (κ3) is 3.48. The molecular weight excluding hydrogens is 262 g/mol. The highest BCUT2D eigenvalue weighted by atomic mass is 32.1. The van der Waals surface area contributed by atoms with Gasteiger partial charge in [-0.05, 0) is 25.0 Å². The number of rotatable bonds is 4. The number of carbonyl (C=O) groups excluding carboxylic acids is 1. The summed E-state index contributed by atoms with van der Waals surface area (Å²) in [6.45, 7) is 1.38. The van der Waals surface area contributed by atoms with E-state index in [2.05, 4.69) is 4.98 Å². The summed E-state index contributed by atoms with van der Waals surface area (Å²) in [5, 5.41) is 0. The summed E-state index contributed by atoms with van der Waals surface area (Å²) in [6.07, 6.45) is 3.74. The van der Waals surface area contributed by atoms with Crippen molar-refractivity contribution in [3.8, 4) is 0 Å².